The molecule has 0 atom stereocenters. The van der Waals surface area contributed by atoms with Crippen LogP contribution >= 0.6 is 0 Å². The van der Waals surface area contributed by atoms with Crippen LogP contribution in [-0.2, 0) is 13.0 Å². The van der Waals surface area contributed by atoms with E-state index in [9.17, 15) is 14.0 Å². The van der Waals surface area contributed by atoms with Gasteiger partial charge in [0.05, 0.1) is 17.6 Å². The van der Waals surface area contributed by atoms with E-state index in [0.29, 0.717) is 29.7 Å². The van der Waals surface area contributed by atoms with Gasteiger partial charge in [0.25, 0.3) is 5.91 Å². The lowest BCUT2D eigenvalue weighted by molar-refractivity contribution is 0.0954. The second-order valence-corrected chi connectivity index (χ2v) is 6.87. The highest BCUT2D eigenvalue weighted by Crippen LogP contribution is 2.15. The van der Waals surface area contributed by atoms with Crippen molar-refractivity contribution in [2.75, 3.05) is 6.54 Å². The largest absolute Gasteiger partial charge is 0.352 e. The summed E-state index contributed by atoms with van der Waals surface area (Å²) in [7, 11) is 0. The number of amides is 1. The predicted molar refractivity (Wildman–Crippen MR) is 111 cm³/mol. The third kappa shape index (κ3) is 4.27. The molecule has 1 aromatic heterocycles. The fourth-order valence-electron chi connectivity index (χ4n) is 3.30. The molecule has 3 aromatic carbocycles. The summed E-state index contributed by atoms with van der Waals surface area (Å²) in [5.74, 6) is -0.502. The van der Waals surface area contributed by atoms with Gasteiger partial charge in [0.15, 0.2) is 0 Å². The molecule has 6 heteroatoms. The van der Waals surface area contributed by atoms with Gasteiger partial charge in [-0.2, -0.15) is 0 Å². The minimum atomic E-state index is -0.317. The molecule has 4 aromatic rings. The van der Waals surface area contributed by atoms with Crippen LogP contribution in [-0.4, -0.2) is 22.0 Å². The molecular formula is C23H20FN3O2. The molecule has 0 aliphatic carbocycles. The van der Waals surface area contributed by atoms with Crippen molar-refractivity contribution in [3.8, 4) is 0 Å². The highest BCUT2D eigenvalue weighted by atomic mass is 19.1. The van der Waals surface area contributed by atoms with Gasteiger partial charge in [-0.05, 0) is 47.9 Å². The maximum Gasteiger partial charge on any atom is 0.326 e. The number of aromatic amines is 1. The molecule has 4 rings (SSSR count). The number of rotatable bonds is 6. The van der Waals surface area contributed by atoms with Crippen LogP contribution in [0.15, 0.2) is 77.6 Å². The first-order valence-corrected chi connectivity index (χ1v) is 9.39. The van der Waals surface area contributed by atoms with Gasteiger partial charge in [-0.15, -0.1) is 0 Å². The lowest BCUT2D eigenvalue weighted by atomic mass is 10.1. The minimum absolute atomic E-state index is 0.185. The monoisotopic (exact) mass is 389 g/mol. The Bertz CT molecular complexity index is 1190. The lowest BCUT2D eigenvalue weighted by Gasteiger charge is -2.07. The van der Waals surface area contributed by atoms with Gasteiger partial charge in [-0.1, -0.05) is 42.5 Å². The molecule has 0 saturated heterocycles. The topological polar surface area (TPSA) is 66.9 Å². The molecule has 146 valence electrons. The van der Waals surface area contributed by atoms with Crippen molar-refractivity contribution in [1.82, 2.24) is 14.9 Å². The van der Waals surface area contributed by atoms with Gasteiger partial charge in [0.2, 0.25) is 0 Å². The smallest absolute Gasteiger partial charge is 0.326 e. The zero-order valence-electron chi connectivity index (χ0n) is 15.7. The van der Waals surface area contributed by atoms with E-state index in [2.05, 4.69) is 10.3 Å². The Labute approximate surface area is 166 Å². The molecule has 2 N–H and O–H groups in total. The Balaban J connectivity index is 1.48. The summed E-state index contributed by atoms with van der Waals surface area (Å²) >= 11 is 0. The maximum atomic E-state index is 13.1. The average molecular weight is 389 g/mol. The van der Waals surface area contributed by atoms with E-state index >= 15 is 0 Å². The molecule has 0 radical (unpaired) electrons. The second kappa shape index (κ2) is 8.14. The van der Waals surface area contributed by atoms with Crippen molar-refractivity contribution < 1.29 is 9.18 Å². The Morgan fingerprint density at radius 2 is 1.72 bits per heavy atom. The molecule has 0 aliphatic rings. The van der Waals surface area contributed by atoms with Crippen molar-refractivity contribution in [2.45, 2.75) is 13.0 Å². The summed E-state index contributed by atoms with van der Waals surface area (Å²) in [6.07, 6.45) is 0.750. The third-order valence-electron chi connectivity index (χ3n) is 4.83. The van der Waals surface area contributed by atoms with E-state index in [-0.39, 0.29) is 17.4 Å². The van der Waals surface area contributed by atoms with E-state index in [1.165, 1.54) is 12.1 Å². The second-order valence-electron chi connectivity index (χ2n) is 6.87. The number of aromatic nitrogens is 2. The van der Waals surface area contributed by atoms with Crippen LogP contribution in [0.25, 0.3) is 11.0 Å². The first-order valence-electron chi connectivity index (χ1n) is 9.39. The quantitative estimate of drug-likeness (QED) is 0.530. The molecule has 0 unspecified atom stereocenters. The Morgan fingerprint density at radius 1 is 0.966 bits per heavy atom. The molecule has 0 bridgehead atoms. The van der Waals surface area contributed by atoms with Crippen molar-refractivity contribution in [3.05, 3.63) is 106 Å². The van der Waals surface area contributed by atoms with Gasteiger partial charge < -0.3 is 10.3 Å². The minimum Gasteiger partial charge on any atom is -0.352 e. The number of imidazole rings is 1. The molecule has 0 fully saturated rings. The fraction of sp³-hybridized carbons (Fsp3) is 0.130. The molecule has 0 spiro atoms. The van der Waals surface area contributed by atoms with E-state index in [1.807, 2.05) is 30.3 Å². The summed E-state index contributed by atoms with van der Waals surface area (Å²) in [6, 6.07) is 21.1. The highest BCUT2D eigenvalue weighted by molar-refractivity contribution is 5.97. The van der Waals surface area contributed by atoms with Crippen LogP contribution in [0.4, 0.5) is 4.39 Å². The van der Waals surface area contributed by atoms with Crippen molar-refractivity contribution in [1.29, 1.82) is 0 Å². The van der Waals surface area contributed by atoms with Crippen LogP contribution < -0.4 is 11.0 Å². The predicted octanol–water partition coefficient (Wildman–Crippen LogP) is 3.49. The zero-order chi connectivity index (χ0) is 20.2. The number of carbonyl (C=O) groups is 1. The first kappa shape index (κ1) is 18.7. The summed E-state index contributed by atoms with van der Waals surface area (Å²) < 4.78 is 14.7. The Morgan fingerprint density at radius 3 is 2.48 bits per heavy atom. The molecule has 29 heavy (non-hydrogen) atoms. The number of nitrogens with one attached hydrogen (secondary N) is 2. The number of H-pyrrole nitrogens is 1. The lowest BCUT2D eigenvalue weighted by Crippen LogP contribution is -2.25. The fourth-order valence-corrected chi connectivity index (χ4v) is 3.30. The van der Waals surface area contributed by atoms with Crippen molar-refractivity contribution in [3.63, 3.8) is 0 Å². The molecule has 5 nitrogen and oxygen atoms in total. The van der Waals surface area contributed by atoms with Gasteiger partial charge >= 0.3 is 5.69 Å². The van der Waals surface area contributed by atoms with Crippen LogP contribution in [0.3, 0.4) is 0 Å². The molecule has 0 saturated carbocycles. The van der Waals surface area contributed by atoms with Crippen molar-refractivity contribution >= 4 is 16.9 Å². The van der Waals surface area contributed by atoms with Gasteiger partial charge in [0.1, 0.15) is 5.82 Å². The van der Waals surface area contributed by atoms with E-state index in [0.717, 1.165) is 17.5 Å². The molecule has 0 aliphatic heterocycles. The Hall–Kier alpha value is -3.67. The standard InChI is InChI=1S/C23H20FN3O2/c24-19-9-6-17(7-10-19)15-27-21-11-8-18(14-20(21)26-23(27)29)22(28)25-13-12-16-4-2-1-3-5-16/h1-11,14H,12-13,15H2,(H,25,28)(H,26,29). The number of hydrogen-bond acceptors (Lipinski definition) is 2. The third-order valence-corrected chi connectivity index (χ3v) is 4.83. The number of benzene rings is 3. The van der Waals surface area contributed by atoms with Crippen molar-refractivity contribution in [2.24, 2.45) is 0 Å². The average Bonchev–Trinajstić information content (AvgIpc) is 3.04. The number of hydrogen-bond donors (Lipinski definition) is 2. The summed E-state index contributed by atoms with van der Waals surface area (Å²) in [5, 5.41) is 2.91. The van der Waals surface area contributed by atoms with Crippen LogP contribution in [0, 0.1) is 5.82 Å². The summed E-state index contributed by atoms with van der Waals surface area (Å²) in [6.45, 7) is 0.852. The molecular weight excluding hydrogens is 369 g/mol. The first-order chi connectivity index (χ1) is 14.1. The number of nitrogens with zero attached hydrogens (tertiary/aromatic N) is 1. The maximum absolute atomic E-state index is 13.1. The summed E-state index contributed by atoms with van der Waals surface area (Å²) in [4.78, 5) is 27.6. The molecule has 1 amide bonds. The summed E-state index contributed by atoms with van der Waals surface area (Å²) in [5.41, 5.74) is 3.47. The van der Waals surface area contributed by atoms with Crippen LogP contribution in [0.1, 0.15) is 21.5 Å². The van der Waals surface area contributed by atoms with Crippen LogP contribution in [0.2, 0.25) is 0 Å². The van der Waals surface area contributed by atoms with E-state index in [4.69, 9.17) is 0 Å². The van der Waals surface area contributed by atoms with E-state index < -0.39 is 0 Å². The molecule has 1 heterocycles. The van der Waals surface area contributed by atoms with Gasteiger partial charge in [-0.3, -0.25) is 9.36 Å². The van der Waals surface area contributed by atoms with Gasteiger partial charge in [-0.25, -0.2) is 9.18 Å². The SMILES string of the molecule is O=C(NCCc1ccccc1)c1ccc2c(c1)[nH]c(=O)n2Cc1ccc(F)cc1. The normalized spacial score (nSPS) is 10.9. The van der Waals surface area contributed by atoms with Gasteiger partial charge in [0, 0.05) is 12.1 Å². The number of halogens is 1. The van der Waals surface area contributed by atoms with Crippen LogP contribution in [0.5, 0.6) is 0 Å². The zero-order valence-corrected chi connectivity index (χ0v) is 15.7. The number of fused-ring (bicyclic) bond motifs is 1. The van der Waals surface area contributed by atoms with E-state index in [1.54, 1.807) is 34.9 Å². The highest BCUT2D eigenvalue weighted by Gasteiger charge is 2.11. The Kier molecular flexibility index (Phi) is 5.24. The number of carbonyl (C=O) groups excluding carboxylic acids is 1.